The Hall–Kier alpha value is -2.17. The molecule has 18 heavy (non-hydrogen) atoms. The van der Waals surface area contributed by atoms with Crippen molar-refractivity contribution in [3.05, 3.63) is 41.5 Å². The minimum atomic E-state index is -1.12. The summed E-state index contributed by atoms with van der Waals surface area (Å²) in [6.45, 7) is 5.98. The fraction of sp³-hybridized carbons (Fsp3) is 0.308. The van der Waals surface area contributed by atoms with Gasteiger partial charge in [-0.15, -0.1) is 5.10 Å². The second-order valence-electron chi connectivity index (χ2n) is 4.45. The topological polar surface area (TPSA) is 68.0 Å². The van der Waals surface area contributed by atoms with E-state index in [4.69, 9.17) is 5.11 Å². The molecule has 0 saturated heterocycles. The summed E-state index contributed by atoms with van der Waals surface area (Å²) in [5.41, 5.74) is 2.05. The van der Waals surface area contributed by atoms with Gasteiger partial charge in [0, 0.05) is 0 Å². The highest BCUT2D eigenvalue weighted by Crippen LogP contribution is 2.17. The first kappa shape index (κ1) is 12.3. The zero-order valence-corrected chi connectivity index (χ0v) is 10.6. The standard InChI is InChI=1S/C13H15N3O2/c1-8(2)10-4-6-11(7-5-10)16-9(3)14-12(15-16)13(17)18/h4-8H,1-3H3,(H,17,18). The van der Waals surface area contributed by atoms with Gasteiger partial charge >= 0.3 is 5.97 Å². The molecule has 0 aliphatic heterocycles. The molecule has 0 aliphatic carbocycles. The van der Waals surface area contributed by atoms with E-state index in [-0.39, 0.29) is 5.82 Å². The van der Waals surface area contributed by atoms with E-state index < -0.39 is 5.97 Å². The Balaban J connectivity index is 2.39. The summed E-state index contributed by atoms with van der Waals surface area (Å²) in [5.74, 6) is -0.272. The van der Waals surface area contributed by atoms with Crippen LogP contribution in [0.4, 0.5) is 0 Å². The molecule has 0 unspecified atom stereocenters. The molecule has 0 saturated carbocycles. The Morgan fingerprint density at radius 1 is 1.28 bits per heavy atom. The van der Waals surface area contributed by atoms with E-state index in [0.717, 1.165) is 5.69 Å². The second-order valence-corrected chi connectivity index (χ2v) is 4.45. The van der Waals surface area contributed by atoms with Crippen LogP contribution < -0.4 is 0 Å². The lowest BCUT2D eigenvalue weighted by Crippen LogP contribution is -2.02. The zero-order valence-electron chi connectivity index (χ0n) is 10.6. The van der Waals surface area contributed by atoms with Crippen molar-refractivity contribution in [1.82, 2.24) is 14.8 Å². The molecule has 2 aromatic rings. The number of carbonyl (C=O) groups is 1. The summed E-state index contributed by atoms with van der Waals surface area (Å²) in [5, 5.41) is 12.8. The fourth-order valence-corrected chi connectivity index (χ4v) is 1.73. The third-order valence-electron chi connectivity index (χ3n) is 2.76. The van der Waals surface area contributed by atoms with Gasteiger partial charge in [0.15, 0.2) is 0 Å². The van der Waals surface area contributed by atoms with Crippen molar-refractivity contribution >= 4 is 5.97 Å². The largest absolute Gasteiger partial charge is 0.475 e. The summed E-state index contributed by atoms with van der Waals surface area (Å²) in [6, 6.07) is 7.87. The van der Waals surface area contributed by atoms with Gasteiger partial charge in [0.1, 0.15) is 5.82 Å². The van der Waals surface area contributed by atoms with E-state index in [1.165, 1.54) is 10.2 Å². The SMILES string of the molecule is Cc1nc(C(=O)O)nn1-c1ccc(C(C)C)cc1. The van der Waals surface area contributed by atoms with Crippen LogP contribution in [-0.2, 0) is 0 Å². The number of carboxylic acid groups (broad SMARTS) is 1. The van der Waals surface area contributed by atoms with Crippen LogP contribution in [-0.4, -0.2) is 25.8 Å². The van der Waals surface area contributed by atoms with E-state index in [2.05, 4.69) is 23.9 Å². The number of carboxylic acids is 1. The van der Waals surface area contributed by atoms with Crippen molar-refractivity contribution < 1.29 is 9.90 Å². The number of hydrogen-bond donors (Lipinski definition) is 1. The van der Waals surface area contributed by atoms with Gasteiger partial charge in [-0.05, 0) is 30.5 Å². The van der Waals surface area contributed by atoms with Gasteiger partial charge in [-0.2, -0.15) is 0 Å². The van der Waals surface area contributed by atoms with Crippen molar-refractivity contribution in [1.29, 1.82) is 0 Å². The summed E-state index contributed by atoms with van der Waals surface area (Å²) < 4.78 is 1.54. The second kappa shape index (κ2) is 4.60. The molecule has 94 valence electrons. The van der Waals surface area contributed by atoms with Crippen molar-refractivity contribution in [2.45, 2.75) is 26.7 Å². The Morgan fingerprint density at radius 3 is 2.33 bits per heavy atom. The minimum Gasteiger partial charge on any atom is -0.475 e. The lowest BCUT2D eigenvalue weighted by Gasteiger charge is -2.07. The number of nitrogens with zero attached hydrogens (tertiary/aromatic N) is 3. The van der Waals surface area contributed by atoms with Crippen molar-refractivity contribution in [3.8, 4) is 5.69 Å². The molecule has 0 fully saturated rings. The first-order chi connectivity index (χ1) is 8.49. The molecule has 1 aromatic carbocycles. The Bertz CT molecular complexity index is 570. The lowest BCUT2D eigenvalue weighted by atomic mass is 10.0. The van der Waals surface area contributed by atoms with Crippen LogP contribution in [0.5, 0.6) is 0 Å². The molecule has 1 heterocycles. The van der Waals surface area contributed by atoms with Gasteiger partial charge in [0.2, 0.25) is 0 Å². The summed E-state index contributed by atoms with van der Waals surface area (Å²) in [4.78, 5) is 14.7. The Labute approximate surface area is 105 Å². The number of aryl methyl sites for hydroxylation is 1. The van der Waals surface area contributed by atoms with Crippen LogP contribution in [0.2, 0.25) is 0 Å². The average Bonchev–Trinajstić information content (AvgIpc) is 2.71. The molecule has 5 nitrogen and oxygen atoms in total. The summed E-state index contributed by atoms with van der Waals surface area (Å²) in [7, 11) is 0. The number of benzene rings is 1. The predicted molar refractivity (Wildman–Crippen MR) is 67.1 cm³/mol. The van der Waals surface area contributed by atoms with Gasteiger partial charge in [-0.3, -0.25) is 0 Å². The summed E-state index contributed by atoms with van der Waals surface area (Å²) in [6.07, 6.45) is 0. The molecule has 0 bridgehead atoms. The van der Waals surface area contributed by atoms with Crippen molar-refractivity contribution in [3.63, 3.8) is 0 Å². The predicted octanol–water partition coefficient (Wildman–Crippen LogP) is 2.40. The maximum Gasteiger partial charge on any atom is 0.375 e. The van der Waals surface area contributed by atoms with E-state index in [1.807, 2.05) is 24.3 Å². The van der Waals surface area contributed by atoms with Gasteiger partial charge in [0.05, 0.1) is 5.69 Å². The first-order valence-corrected chi connectivity index (χ1v) is 5.76. The zero-order chi connectivity index (χ0) is 13.3. The summed E-state index contributed by atoms with van der Waals surface area (Å²) >= 11 is 0. The van der Waals surface area contributed by atoms with E-state index in [9.17, 15) is 4.79 Å². The molecule has 2 rings (SSSR count). The molecule has 0 aliphatic rings. The van der Waals surface area contributed by atoms with Crippen LogP contribution in [0.25, 0.3) is 5.69 Å². The van der Waals surface area contributed by atoms with Crippen LogP contribution in [0, 0.1) is 6.92 Å². The fourth-order valence-electron chi connectivity index (χ4n) is 1.73. The maximum absolute atomic E-state index is 10.8. The van der Waals surface area contributed by atoms with Crippen molar-refractivity contribution in [2.75, 3.05) is 0 Å². The normalized spacial score (nSPS) is 10.9. The van der Waals surface area contributed by atoms with E-state index in [0.29, 0.717) is 11.7 Å². The molecular formula is C13H15N3O2. The quantitative estimate of drug-likeness (QED) is 0.901. The smallest absolute Gasteiger partial charge is 0.375 e. The van der Waals surface area contributed by atoms with Crippen LogP contribution in [0.15, 0.2) is 24.3 Å². The molecule has 0 amide bonds. The Morgan fingerprint density at radius 2 is 1.89 bits per heavy atom. The van der Waals surface area contributed by atoms with Crippen LogP contribution >= 0.6 is 0 Å². The number of hydrogen-bond acceptors (Lipinski definition) is 3. The van der Waals surface area contributed by atoms with Crippen LogP contribution in [0.3, 0.4) is 0 Å². The number of aromatic carboxylic acids is 1. The van der Waals surface area contributed by atoms with Gasteiger partial charge < -0.3 is 5.11 Å². The number of aromatic nitrogens is 3. The highest BCUT2D eigenvalue weighted by molar-refractivity contribution is 5.83. The molecule has 0 spiro atoms. The molecule has 1 aromatic heterocycles. The van der Waals surface area contributed by atoms with Gasteiger partial charge in [-0.1, -0.05) is 26.0 Å². The van der Waals surface area contributed by atoms with Crippen molar-refractivity contribution in [2.24, 2.45) is 0 Å². The molecule has 0 atom stereocenters. The molecule has 0 radical (unpaired) electrons. The monoisotopic (exact) mass is 245 g/mol. The first-order valence-electron chi connectivity index (χ1n) is 5.76. The average molecular weight is 245 g/mol. The van der Waals surface area contributed by atoms with E-state index in [1.54, 1.807) is 6.92 Å². The maximum atomic E-state index is 10.8. The minimum absolute atomic E-state index is 0.180. The third kappa shape index (κ3) is 2.25. The Kier molecular flexibility index (Phi) is 3.14. The highest BCUT2D eigenvalue weighted by Gasteiger charge is 2.13. The van der Waals surface area contributed by atoms with Gasteiger partial charge in [-0.25, -0.2) is 14.5 Å². The molecular weight excluding hydrogens is 230 g/mol. The lowest BCUT2D eigenvalue weighted by molar-refractivity contribution is 0.0683. The van der Waals surface area contributed by atoms with Gasteiger partial charge in [0.25, 0.3) is 5.82 Å². The molecule has 5 heteroatoms. The molecule has 1 N–H and O–H groups in total. The third-order valence-corrected chi connectivity index (χ3v) is 2.76. The van der Waals surface area contributed by atoms with E-state index >= 15 is 0 Å². The highest BCUT2D eigenvalue weighted by atomic mass is 16.4. The number of rotatable bonds is 3. The van der Waals surface area contributed by atoms with Crippen LogP contribution in [0.1, 0.15) is 41.8 Å².